The molecule has 5 nitrogen and oxygen atoms in total. The van der Waals surface area contributed by atoms with Crippen molar-refractivity contribution in [3.63, 3.8) is 0 Å². The van der Waals surface area contributed by atoms with Crippen LogP contribution in [-0.2, 0) is 19.0 Å². The van der Waals surface area contributed by atoms with E-state index in [0.29, 0.717) is 18.3 Å². The molecule has 4 aliphatic rings. The molecule has 1 aliphatic carbocycles. The second-order valence-electron chi connectivity index (χ2n) is 6.94. The zero-order valence-electron chi connectivity index (χ0n) is 13.1. The lowest BCUT2D eigenvalue weighted by Crippen LogP contribution is -2.37. The summed E-state index contributed by atoms with van der Waals surface area (Å²) >= 11 is 0. The van der Waals surface area contributed by atoms with Gasteiger partial charge in [-0.25, -0.2) is 0 Å². The highest BCUT2D eigenvalue weighted by atomic mass is 16.7. The molecule has 122 valence electrons. The van der Waals surface area contributed by atoms with Gasteiger partial charge in [-0.05, 0) is 13.3 Å². The van der Waals surface area contributed by atoms with E-state index in [1.807, 2.05) is 19.1 Å². The van der Waals surface area contributed by atoms with Crippen molar-refractivity contribution in [2.45, 2.75) is 56.7 Å². The Labute approximate surface area is 134 Å². The molecule has 3 heterocycles. The molecule has 0 aromatic heterocycles. The minimum absolute atomic E-state index is 0.117. The maximum Gasteiger partial charge on any atom is 0.306 e. The third kappa shape index (κ3) is 2.03. The van der Waals surface area contributed by atoms with Gasteiger partial charge in [0.15, 0.2) is 6.29 Å². The van der Waals surface area contributed by atoms with Crippen molar-refractivity contribution in [2.24, 2.45) is 5.92 Å². The minimum Gasteiger partial charge on any atom is -0.489 e. The fraction of sp³-hybridized carbons (Fsp3) is 0.611. The van der Waals surface area contributed by atoms with E-state index in [2.05, 4.69) is 6.07 Å². The monoisotopic (exact) mass is 316 g/mol. The van der Waals surface area contributed by atoms with Gasteiger partial charge in [-0.1, -0.05) is 18.2 Å². The molecular weight excluding hydrogens is 296 g/mol. The van der Waals surface area contributed by atoms with Gasteiger partial charge in [-0.2, -0.15) is 0 Å². The van der Waals surface area contributed by atoms with E-state index in [-0.39, 0.29) is 30.6 Å². The SMILES string of the molecule is CC1OC[C@@H]2[C@@H]3c4cccc(C5CCC(=O)O5)c4O[C@@H]3C[C@H]2O1. The Kier molecular flexibility index (Phi) is 2.97. The number of benzene rings is 1. The number of hydrogen-bond acceptors (Lipinski definition) is 5. The Morgan fingerprint density at radius 3 is 2.83 bits per heavy atom. The van der Waals surface area contributed by atoms with Gasteiger partial charge in [0.1, 0.15) is 18.0 Å². The van der Waals surface area contributed by atoms with Crippen LogP contribution in [0.25, 0.3) is 0 Å². The Morgan fingerprint density at radius 2 is 2.00 bits per heavy atom. The lowest BCUT2D eigenvalue weighted by atomic mass is 9.87. The number of hydrogen-bond donors (Lipinski definition) is 0. The van der Waals surface area contributed by atoms with Crippen LogP contribution in [0.1, 0.15) is 49.3 Å². The van der Waals surface area contributed by atoms with E-state index in [1.165, 1.54) is 5.56 Å². The van der Waals surface area contributed by atoms with E-state index in [4.69, 9.17) is 18.9 Å². The van der Waals surface area contributed by atoms with Crippen LogP contribution in [-0.4, -0.2) is 31.1 Å². The summed E-state index contributed by atoms with van der Waals surface area (Å²) in [6, 6.07) is 6.21. The molecule has 2 saturated heterocycles. The third-order valence-corrected chi connectivity index (χ3v) is 5.63. The highest BCUT2D eigenvalue weighted by Gasteiger charge is 2.53. The normalized spacial score (nSPS) is 41.0. The first-order chi connectivity index (χ1) is 11.2. The summed E-state index contributed by atoms with van der Waals surface area (Å²) in [6.07, 6.45) is 2.21. The Bertz CT molecular complexity index is 657. The maximum atomic E-state index is 11.4. The van der Waals surface area contributed by atoms with Gasteiger partial charge in [0.2, 0.25) is 0 Å². The summed E-state index contributed by atoms with van der Waals surface area (Å²) < 4.78 is 23.4. The van der Waals surface area contributed by atoms with Crippen molar-refractivity contribution in [3.8, 4) is 5.75 Å². The fourth-order valence-electron chi connectivity index (χ4n) is 4.63. The zero-order chi connectivity index (χ0) is 15.6. The van der Waals surface area contributed by atoms with E-state index in [9.17, 15) is 4.79 Å². The number of rotatable bonds is 1. The standard InChI is InChI=1S/C18H20O5/c1-9-20-8-12-14(21-9)7-15-17(12)11-4-2-3-10(18(11)23-15)13-5-6-16(19)22-13/h2-4,9,12-15,17H,5-8H2,1H3/t9?,12-,13?,14+,15+,17-/m0/s1. The molecule has 3 aliphatic heterocycles. The second-order valence-corrected chi connectivity index (χ2v) is 6.94. The van der Waals surface area contributed by atoms with E-state index < -0.39 is 0 Å². The number of para-hydroxylation sites is 1. The number of cyclic esters (lactones) is 1. The van der Waals surface area contributed by atoms with E-state index in [0.717, 1.165) is 30.8 Å². The first-order valence-corrected chi connectivity index (χ1v) is 8.46. The van der Waals surface area contributed by atoms with Gasteiger partial charge in [-0.15, -0.1) is 0 Å². The molecule has 23 heavy (non-hydrogen) atoms. The summed E-state index contributed by atoms with van der Waals surface area (Å²) in [5.74, 6) is 1.48. The first kappa shape index (κ1) is 13.8. The van der Waals surface area contributed by atoms with Crippen molar-refractivity contribution in [2.75, 3.05) is 6.61 Å². The quantitative estimate of drug-likeness (QED) is 0.746. The smallest absolute Gasteiger partial charge is 0.306 e. The molecular formula is C18H20O5. The third-order valence-electron chi connectivity index (χ3n) is 5.63. The van der Waals surface area contributed by atoms with Gasteiger partial charge in [0, 0.05) is 35.8 Å². The van der Waals surface area contributed by atoms with Gasteiger partial charge < -0.3 is 18.9 Å². The Morgan fingerprint density at radius 1 is 1.13 bits per heavy atom. The van der Waals surface area contributed by atoms with Crippen LogP contribution in [0.15, 0.2) is 18.2 Å². The number of ether oxygens (including phenoxy) is 4. The summed E-state index contributed by atoms with van der Waals surface area (Å²) in [6.45, 7) is 2.67. The van der Waals surface area contributed by atoms with Gasteiger partial charge in [-0.3, -0.25) is 4.79 Å². The largest absolute Gasteiger partial charge is 0.489 e. The van der Waals surface area contributed by atoms with Crippen LogP contribution >= 0.6 is 0 Å². The summed E-state index contributed by atoms with van der Waals surface area (Å²) in [7, 11) is 0. The van der Waals surface area contributed by atoms with Crippen molar-refractivity contribution < 1.29 is 23.7 Å². The molecule has 0 N–H and O–H groups in total. The fourth-order valence-corrected chi connectivity index (χ4v) is 4.63. The molecule has 0 spiro atoms. The van der Waals surface area contributed by atoms with Crippen LogP contribution in [0.5, 0.6) is 5.75 Å². The topological polar surface area (TPSA) is 54.0 Å². The molecule has 0 radical (unpaired) electrons. The van der Waals surface area contributed by atoms with Crippen molar-refractivity contribution in [1.82, 2.24) is 0 Å². The molecule has 0 bridgehead atoms. The van der Waals surface area contributed by atoms with Crippen LogP contribution in [0.4, 0.5) is 0 Å². The van der Waals surface area contributed by atoms with Crippen molar-refractivity contribution in [3.05, 3.63) is 29.3 Å². The summed E-state index contributed by atoms with van der Waals surface area (Å²) in [5.41, 5.74) is 2.25. The molecule has 5 heteroatoms. The first-order valence-electron chi connectivity index (χ1n) is 8.46. The minimum atomic E-state index is -0.161. The van der Waals surface area contributed by atoms with Gasteiger partial charge in [0.05, 0.1) is 12.7 Å². The predicted molar refractivity (Wildman–Crippen MR) is 80.1 cm³/mol. The summed E-state index contributed by atoms with van der Waals surface area (Å²) in [4.78, 5) is 11.4. The number of carbonyl (C=O) groups is 1. The maximum absolute atomic E-state index is 11.4. The average molecular weight is 316 g/mol. The molecule has 1 aromatic carbocycles. The number of esters is 1. The lowest BCUT2D eigenvalue weighted by Gasteiger charge is -2.32. The second kappa shape index (κ2) is 4.95. The molecule has 2 unspecified atom stereocenters. The van der Waals surface area contributed by atoms with Gasteiger partial charge in [0.25, 0.3) is 0 Å². The lowest BCUT2D eigenvalue weighted by molar-refractivity contribution is -0.221. The molecule has 1 aromatic rings. The van der Waals surface area contributed by atoms with Crippen LogP contribution in [0.3, 0.4) is 0 Å². The van der Waals surface area contributed by atoms with Gasteiger partial charge >= 0.3 is 5.97 Å². The number of fused-ring (bicyclic) bond motifs is 5. The molecule has 5 rings (SSSR count). The number of carbonyl (C=O) groups excluding carboxylic acids is 1. The average Bonchev–Trinajstić information content (AvgIpc) is 3.19. The Balaban J connectivity index is 1.49. The molecule has 1 saturated carbocycles. The van der Waals surface area contributed by atoms with Crippen LogP contribution in [0, 0.1) is 5.92 Å². The van der Waals surface area contributed by atoms with E-state index >= 15 is 0 Å². The Hall–Kier alpha value is -1.59. The zero-order valence-corrected chi connectivity index (χ0v) is 13.1. The molecule has 6 atom stereocenters. The summed E-state index contributed by atoms with van der Waals surface area (Å²) in [5, 5.41) is 0. The van der Waals surface area contributed by atoms with Crippen molar-refractivity contribution >= 4 is 5.97 Å². The van der Waals surface area contributed by atoms with Crippen LogP contribution in [0.2, 0.25) is 0 Å². The molecule has 0 amide bonds. The van der Waals surface area contributed by atoms with Crippen LogP contribution < -0.4 is 4.74 Å². The predicted octanol–water partition coefficient (Wildman–Crippen LogP) is 2.69. The van der Waals surface area contributed by atoms with E-state index in [1.54, 1.807) is 0 Å². The highest BCUT2D eigenvalue weighted by molar-refractivity contribution is 5.72. The highest BCUT2D eigenvalue weighted by Crippen LogP contribution is 2.54. The van der Waals surface area contributed by atoms with Crippen molar-refractivity contribution in [1.29, 1.82) is 0 Å². The molecule has 3 fully saturated rings.